The zero-order valence-corrected chi connectivity index (χ0v) is 17.2. The Labute approximate surface area is 175 Å². The number of ether oxygens (including phenoxy) is 2. The minimum Gasteiger partial charge on any atom is -0.475 e. The number of benzene rings is 1. The van der Waals surface area contributed by atoms with Crippen molar-refractivity contribution < 1.29 is 18.3 Å². The van der Waals surface area contributed by atoms with E-state index in [-0.39, 0.29) is 6.04 Å². The topological polar surface area (TPSA) is 71.0 Å². The van der Waals surface area contributed by atoms with E-state index in [0.717, 1.165) is 18.1 Å². The van der Waals surface area contributed by atoms with Crippen molar-refractivity contribution >= 4 is 11.6 Å². The number of rotatable bonds is 8. The van der Waals surface area contributed by atoms with E-state index in [1.807, 2.05) is 17.0 Å². The molecule has 1 aliphatic rings. The Morgan fingerprint density at radius 2 is 2.13 bits per heavy atom. The number of nitrogens with one attached hydrogen (secondary N) is 2. The van der Waals surface area contributed by atoms with Gasteiger partial charge in [-0.05, 0) is 24.1 Å². The highest BCUT2D eigenvalue weighted by molar-refractivity contribution is 5.80. The molecule has 9 heteroatoms. The van der Waals surface area contributed by atoms with E-state index >= 15 is 0 Å². The van der Waals surface area contributed by atoms with Crippen LogP contribution in [0.5, 0.6) is 5.88 Å². The predicted octanol–water partition coefficient (Wildman–Crippen LogP) is 2.33. The van der Waals surface area contributed by atoms with Crippen LogP contribution in [-0.4, -0.2) is 57.4 Å². The van der Waals surface area contributed by atoms with Crippen LogP contribution in [0.2, 0.25) is 0 Å². The Hall–Kier alpha value is -2.94. The van der Waals surface area contributed by atoms with Gasteiger partial charge in [-0.1, -0.05) is 6.07 Å². The molecule has 2 aromatic rings. The molecule has 1 aliphatic heterocycles. The van der Waals surface area contributed by atoms with Gasteiger partial charge in [0.25, 0.3) is 0 Å². The SMILES string of the molecule is CN=C(NCc1ccc(OCCOC)nc1)NC1CCN(c2ccc(F)cc2F)C1. The maximum Gasteiger partial charge on any atom is 0.213 e. The van der Waals surface area contributed by atoms with E-state index in [1.54, 1.807) is 20.4 Å². The Balaban J connectivity index is 1.47. The highest BCUT2D eigenvalue weighted by Crippen LogP contribution is 2.24. The smallest absolute Gasteiger partial charge is 0.213 e. The molecule has 0 aliphatic carbocycles. The number of aromatic nitrogens is 1. The first-order valence-electron chi connectivity index (χ1n) is 9.83. The van der Waals surface area contributed by atoms with Crippen LogP contribution in [0, 0.1) is 11.6 Å². The molecule has 1 unspecified atom stereocenters. The number of halogens is 2. The van der Waals surface area contributed by atoms with Crippen LogP contribution in [0.15, 0.2) is 41.5 Å². The van der Waals surface area contributed by atoms with E-state index in [2.05, 4.69) is 20.6 Å². The fraction of sp³-hybridized carbons (Fsp3) is 0.429. The maximum atomic E-state index is 14.0. The van der Waals surface area contributed by atoms with Gasteiger partial charge >= 0.3 is 0 Å². The number of guanidine groups is 1. The summed E-state index contributed by atoms with van der Waals surface area (Å²) >= 11 is 0. The lowest BCUT2D eigenvalue weighted by Gasteiger charge is -2.21. The summed E-state index contributed by atoms with van der Waals surface area (Å²) in [6.45, 7) is 2.81. The summed E-state index contributed by atoms with van der Waals surface area (Å²) in [5.41, 5.74) is 1.40. The van der Waals surface area contributed by atoms with Crippen LogP contribution in [0.4, 0.5) is 14.5 Å². The van der Waals surface area contributed by atoms with Crippen molar-refractivity contribution in [1.82, 2.24) is 15.6 Å². The van der Waals surface area contributed by atoms with E-state index in [9.17, 15) is 8.78 Å². The van der Waals surface area contributed by atoms with Gasteiger partial charge in [-0.3, -0.25) is 4.99 Å². The molecule has 0 saturated carbocycles. The highest BCUT2D eigenvalue weighted by atomic mass is 19.1. The molecule has 162 valence electrons. The molecule has 0 radical (unpaired) electrons. The van der Waals surface area contributed by atoms with Crippen LogP contribution in [0.25, 0.3) is 0 Å². The van der Waals surface area contributed by atoms with Crippen molar-refractivity contribution in [2.75, 3.05) is 45.4 Å². The number of methoxy groups -OCH3 is 1. The Kier molecular flexibility index (Phi) is 7.78. The van der Waals surface area contributed by atoms with Crippen molar-refractivity contribution in [3.63, 3.8) is 0 Å². The fourth-order valence-corrected chi connectivity index (χ4v) is 3.24. The lowest BCUT2D eigenvalue weighted by molar-refractivity contribution is 0.143. The molecule has 0 bridgehead atoms. The lowest BCUT2D eigenvalue weighted by atomic mass is 10.2. The van der Waals surface area contributed by atoms with E-state index in [4.69, 9.17) is 9.47 Å². The van der Waals surface area contributed by atoms with Gasteiger partial charge in [-0.15, -0.1) is 0 Å². The van der Waals surface area contributed by atoms with Crippen molar-refractivity contribution in [3.05, 3.63) is 53.7 Å². The first kappa shape index (κ1) is 21.8. The van der Waals surface area contributed by atoms with Gasteiger partial charge in [-0.2, -0.15) is 0 Å². The van der Waals surface area contributed by atoms with Gasteiger partial charge < -0.3 is 25.0 Å². The third-order valence-corrected chi connectivity index (χ3v) is 4.80. The predicted molar refractivity (Wildman–Crippen MR) is 112 cm³/mol. The van der Waals surface area contributed by atoms with Gasteiger partial charge in [0.05, 0.1) is 12.3 Å². The number of anilines is 1. The number of aliphatic imine (C=N–C) groups is 1. The van der Waals surface area contributed by atoms with Crippen molar-refractivity contribution in [2.24, 2.45) is 4.99 Å². The summed E-state index contributed by atoms with van der Waals surface area (Å²) in [6, 6.07) is 7.53. The number of pyridine rings is 1. The second kappa shape index (κ2) is 10.7. The quantitative estimate of drug-likeness (QED) is 0.389. The molecular formula is C21H27F2N5O2. The van der Waals surface area contributed by atoms with Gasteiger partial charge in [-0.25, -0.2) is 13.8 Å². The second-order valence-electron chi connectivity index (χ2n) is 6.94. The molecule has 0 amide bonds. The lowest BCUT2D eigenvalue weighted by Crippen LogP contribution is -2.44. The van der Waals surface area contributed by atoms with E-state index in [1.165, 1.54) is 12.1 Å². The third kappa shape index (κ3) is 6.03. The zero-order valence-electron chi connectivity index (χ0n) is 17.2. The third-order valence-electron chi connectivity index (χ3n) is 4.80. The molecule has 1 atom stereocenters. The van der Waals surface area contributed by atoms with Crippen molar-refractivity contribution in [1.29, 1.82) is 0 Å². The molecule has 30 heavy (non-hydrogen) atoms. The normalized spacial score (nSPS) is 16.6. The van der Waals surface area contributed by atoms with Gasteiger partial charge in [0, 0.05) is 58.2 Å². The number of hydrogen-bond acceptors (Lipinski definition) is 5. The van der Waals surface area contributed by atoms with Crippen LogP contribution < -0.4 is 20.3 Å². The molecule has 1 fully saturated rings. The Morgan fingerprint density at radius 1 is 1.27 bits per heavy atom. The van der Waals surface area contributed by atoms with Crippen LogP contribution in [-0.2, 0) is 11.3 Å². The molecule has 0 spiro atoms. The first-order chi connectivity index (χ1) is 14.6. The largest absolute Gasteiger partial charge is 0.475 e. The maximum absolute atomic E-state index is 14.0. The van der Waals surface area contributed by atoms with Gasteiger partial charge in [0.15, 0.2) is 5.96 Å². The Morgan fingerprint density at radius 3 is 2.83 bits per heavy atom. The Bertz CT molecular complexity index is 848. The monoisotopic (exact) mass is 419 g/mol. The summed E-state index contributed by atoms with van der Waals surface area (Å²) in [4.78, 5) is 10.4. The molecule has 1 saturated heterocycles. The van der Waals surface area contributed by atoms with Gasteiger partial charge in [0.1, 0.15) is 18.2 Å². The summed E-state index contributed by atoms with van der Waals surface area (Å²) in [7, 11) is 3.32. The molecule has 1 aromatic carbocycles. The second-order valence-corrected chi connectivity index (χ2v) is 6.94. The summed E-state index contributed by atoms with van der Waals surface area (Å²) in [6.07, 6.45) is 2.57. The average Bonchev–Trinajstić information content (AvgIpc) is 3.20. The first-order valence-corrected chi connectivity index (χ1v) is 9.83. The highest BCUT2D eigenvalue weighted by Gasteiger charge is 2.25. The zero-order chi connectivity index (χ0) is 21.3. The van der Waals surface area contributed by atoms with Crippen LogP contribution >= 0.6 is 0 Å². The van der Waals surface area contributed by atoms with Gasteiger partial charge in [0.2, 0.25) is 5.88 Å². The van der Waals surface area contributed by atoms with Crippen molar-refractivity contribution in [3.8, 4) is 5.88 Å². The van der Waals surface area contributed by atoms with Crippen molar-refractivity contribution in [2.45, 2.75) is 19.0 Å². The van der Waals surface area contributed by atoms with Crippen LogP contribution in [0.1, 0.15) is 12.0 Å². The average molecular weight is 419 g/mol. The number of nitrogens with zero attached hydrogens (tertiary/aromatic N) is 3. The van der Waals surface area contributed by atoms with E-state index < -0.39 is 11.6 Å². The standard InChI is InChI=1S/C21H27F2N5O2/c1-24-21(26-13-15-3-6-20(25-12-15)30-10-9-29-2)27-17-7-8-28(14-17)19-5-4-16(22)11-18(19)23/h3-6,11-12,17H,7-10,13-14H2,1-2H3,(H2,24,26,27). The molecule has 1 aromatic heterocycles. The summed E-state index contributed by atoms with van der Waals surface area (Å²) in [5, 5.41) is 6.61. The fourth-order valence-electron chi connectivity index (χ4n) is 3.24. The molecule has 3 rings (SSSR count). The molecule has 2 heterocycles. The van der Waals surface area contributed by atoms with Crippen LogP contribution in [0.3, 0.4) is 0 Å². The summed E-state index contributed by atoms with van der Waals surface area (Å²) in [5.74, 6) is 0.0957. The number of hydrogen-bond donors (Lipinski definition) is 2. The minimum absolute atomic E-state index is 0.107. The molecular weight excluding hydrogens is 392 g/mol. The molecule has 2 N–H and O–H groups in total. The molecule has 7 nitrogen and oxygen atoms in total. The summed E-state index contributed by atoms with van der Waals surface area (Å²) < 4.78 is 37.6. The minimum atomic E-state index is -0.571. The van der Waals surface area contributed by atoms with E-state index in [0.29, 0.717) is 50.4 Å².